The molecule has 0 heterocycles. The summed E-state index contributed by atoms with van der Waals surface area (Å²) < 4.78 is 0. The molecule has 90 valence electrons. The van der Waals surface area contributed by atoms with Crippen molar-refractivity contribution in [3.05, 3.63) is 0 Å². The third-order valence-electron chi connectivity index (χ3n) is 3.49. The SMILES string of the molecule is CC(CC1CCC1)NCCCCCCO. The Morgan fingerprint density at radius 3 is 2.53 bits per heavy atom. The summed E-state index contributed by atoms with van der Waals surface area (Å²) in [6, 6.07) is 0.702. The van der Waals surface area contributed by atoms with Gasteiger partial charge in [-0.25, -0.2) is 0 Å². The maximum absolute atomic E-state index is 8.63. The molecule has 0 amide bonds. The zero-order valence-electron chi connectivity index (χ0n) is 10.2. The number of nitrogens with one attached hydrogen (secondary N) is 1. The van der Waals surface area contributed by atoms with Gasteiger partial charge in [-0.1, -0.05) is 32.1 Å². The van der Waals surface area contributed by atoms with Gasteiger partial charge >= 0.3 is 0 Å². The number of aliphatic hydroxyl groups excluding tert-OH is 1. The van der Waals surface area contributed by atoms with E-state index >= 15 is 0 Å². The van der Waals surface area contributed by atoms with Crippen LogP contribution in [0.5, 0.6) is 0 Å². The van der Waals surface area contributed by atoms with Crippen molar-refractivity contribution in [2.75, 3.05) is 13.2 Å². The summed E-state index contributed by atoms with van der Waals surface area (Å²) in [5.74, 6) is 1.02. The van der Waals surface area contributed by atoms with Crippen molar-refractivity contribution in [3.63, 3.8) is 0 Å². The van der Waals surface area contributed by atoms with E-state index < -0.39 is 0 Å². The molecule has 1 aliphatic carbocycles. The predicted molar refractivity (Wildman–Crippen MR) is 65.0 cm³/mol. The van der Waals surface area contributed by atoms with Crippen molar-refractivity contribution < 1.29 is 5.11 Å². The van der Waals surface area contributed by atoms with Crippen LogP contribution in [-0.2, 0) is 0 Å². The van der Waals surface area contributed by atoms with E-state index in [2.05, 4.69) is 12.2 Å². The van der Waals surface area contributed by atoms with Gasteiger partial charge < -0.3 is 10.4 Å². The van der Waals surface area contributed by atoms with Crippen molar-refractivity contribution in [1.29, 1.82) is 0 Å². The number of rotatable bonds is 9. The molecule has 0 radical (unpaired) electrons. The van der Waals surface area contributed by atoms with E-state index in [-0.39, 0.29) is 0 Å². The van der Waals surface area contributed by atoms with Crippen molar-refractivity contribution in [1.82, 2.24) is 5.32 Å². The van der Waals surface area contributed by atoms with Crippen LogP contribution in [-0.4, -0.2) is 24.3 Å². The van der Waals surface area contributed by atoms with Gasteiger partial charge in [0.05, 0.1) is 0 Å². The summed E-state index contributed by atoms with van der Waals surface area (Å²) in [7, 11) is 0. The number of hydrogen-bond acceptors (Lipinski definition) is 2. The van der Waals surface area contributed by atoms with E-state index in [1.165, 1.54) is 44.9 Å². The monoisotopic (exact) mass is 213 g/mol. The van der Waals surface area contributed by atoms with Crippen LogP contribution in [0.15, 0.2) is 0 Å². The Hall–Kier alpha value is -0.0800. The maximum Gasteiger partial charge on any atom is 0.0431 e. The van der Waals surface area contributed by atoms with E-state index in [1.54, 1.807) is 0 Å². The molecular formula is C13H27NO. The molecule has 0 saturated heterocycles. The van der Waals surface area contributed by atoms with Gasteiger partial charge in [-0.2, -0.15) is 0 Å². The average Bonchev–Trinajstić information content (AvgIpc) is 2.17. The van der Waals surface area contributed by atoms with Gasteiger partial charge in [0.2, 0.25) is 0 Å². The lowest BCUT2D eigenvalue weighted by Gasteiger charge is -2.28. The highest BCUT2D eigenvalue weighted by Gasteiger charge is 2.19. The van der Waals surface area contributed by atoms with Crippen molar-refractivity contribution >= 4 is 0 Å². The summed E-state index contributed by atoms with van der Waals surface area (Å²) in [6.07, 6.45) is 10.4. The first-order chi connectivity index (χ1) is 7.33. The average molecular weight is 213 g/mol. The Bertz CT molecular complexity index is 145. The lowest BCUT2D eigenvalue weighted by Crippen LogP contribution is -2.30. The zero-order chi connectivity index (χ0) is 10.9. The normalized spacial score (nSPS) is 18.8. The van der Waals surface area contributed by atoms with Gasteiger partial charge in [-0.15, -0.1) is 0 Å². The van der Waals surface area contributed by atoms with Gasteiger partial charge in [0.25, 0.3) is 0 Å². The second kappa shape index (κ2) is 8.12. The largest absolute Gasteiger partial charge is 0.396 e. The highest BCUT2D eigenvalue weighted by Crippen LogP contribution is 2.30. The van der Waals surface area contributed by atoms with Crippen LogP contribution in [0.1, 0.15) is 58.3 Å². The zero-order valence-corrected chi connectivity index (χ0v) is 10.2. The highest BCUT2D eigenvalue weighted by atomic mass is 16.2. The summed E-state index contributed by atoms with van der Waals surface area (Å²) in [5, 5.41) is 12.2. The van der Waals surface area contributed by atoms with Crippen molar-refractivity contribution in [2.45, 2.75) is 64.3 Å². The minimum Gasteiger partial charge on any atom is -0.396 e. The van der Waals surface area contributed by atoms with E-state index in [0.717, 1.165) is 18.9 Å². The molecule has 0 aliphatic heterocycles. The number of aliphatic hydroxyl groups is 1. The Morgan fingerprint density at radius 1 is 1.20 bits per heavy atom. The number of hydrogen-bond donors (Lipinski definition) is 2. The molecule has 0 bridgehead atoms. The third kappa shape index (κ3) is 6.16. The van der Waals surface area contributed by atoms with Crippen molar-refractivity contribution in [2.24, 2.45) is 5.92 Å². The fourth-order valence-corrected chi connectivity index (χ4v) is 2.25. The Labute approximate surface area is 94.5 Å². The predicted octanol–water partition coefficient (Wildman–Crippen LogP) is 2.71. The summed E-state index contributed by atoms with van der Waals surface area (Å²) in [6.45, 7) is 3.82. The van der Waals surface area contributed by atoms with Gasteiger partial charge in [-0.3, -0.25) is 0 Å². The summed E-state index contributed by atoms with van der Waals surface area (Å²) in [5.41, 5.74) is 0. The summed E-state index contributed by atoms with van der Waals surface area (Å²) in [4.78, 5) is 0. The minimum atomic E-state index is 0.353. The van der Waals surface area contributed by atoms with Crippen LogP contribution in [0.3, 0.4) is 0 Å². The molecule has 1 atom stereocenters. The number of unbranched alkanes of at least 4 members (excludes halogenated alkanes) is 3. The first-order valence-corrected chi connectivity index (χ1v) is 6.67. The maximum atomic E-state index is 8.63. The standard InChI is InChI=1S/C13H27NO/c1-12(11-13-7-6-8-13)14-9-4-2-3-5-10-15/h12-15H,2-11H2,1H3. The molecule has 0 aromatic heterocycles. The van der Waals surface area contributed by atoms with E-state index in [1.807, 2.05) is 0 Å². The molecule has 2 nitrogen and oxygen atoms in total. The fraction of sp³-hybridized carbons (Fsp3) is 1.00. The van der Waals surface area contributed by atoms with E-state index in [9.17, 15) is 0 Å². The van der Waals surface area contributed by atoms with Gasteiger partial charge in [0, 0.05) is 12.6 Å². The third-order valence-corrected chi connectivity index (χ3v) is 3.49. The van der Waals surface area contributed by atoms with Gasteiger partial charge in [-0.05, 0) is 38.6 Å². The highest BCUT2D eigenvalue weighted by molar-refractivity contribution is 4.74. The lowest BCUT2D eigenvalue weighted by molar-refractivity contribution is 0.264. The van der Waals surface area contributed by atoms with Crippen LogP contribution in [0, 0.1) is 5.92 Å². The van der Waals surface area contributed by atoms with Crippen LogP contribution < -0.4 is 5.32 Å². The fourth-order valence-electron chi connectivity index (χ4n) is 2.25. The first kappa shape index (κ1) is 13.0. The topological polar surface area (TPSA) is 32.3 Å². The van der Waals surface area contributed by atoms with Crippen molar-refractivity contribution in [3.8, 4) is 0 Å². The molecule has 0 spiro atoms. The first-order valence-electron chi connectivity index (χ1n) is 6.67. The second-order valence-corrected chi connectivity index (χ2v) is 5.03. The molecule has 1 unspecified atom stereocenters. The quantitative estimate of drug-likeness (QED) is 0.577. The van der Waals surface area contributed by atoms with Crippen LogP contribution in [0.4, 0.5) is 0 Å². The van der Waals surface area contributed by atoms with Crippen LogP contribution in [0.25, 0.3) is 0 Å². The molecule has 15 heavy (non-hydrogen) atoms. The Morgan fingerprint density at radius 2 is 1.93 bits per heavy atom. The Balaban J connectivity index is 1.81. The van der Waals surface area contributed by atoms with Gasteiger partial charge in [0.1, 0.15) is 0 Å². The molecular weight excluding hydrogens is 186 g/mol. The van der Waals surface area contributed by atoms with E-state index in [4.69, 9.17) is 5.11 Å². The second-order valence-electron chi connectivity index (χ2n) is 5.03. The smallest absolute Gasteiger partial charge is 0.0431 e. The Kier molecular flexibility index (Phi) is 7.03. The molecule has 1 rings (SSSR count). The molecule has 2 N–H and O–H groups in total. The minimum absolute atomic E-state index is 0.353. The van der Waals surface area contributed by atoms with E-state index in [0.29, 0.717) is 12.6 Å². The summed E-state index contributed by atoms with van der Waals surface area (Å²) >= 11 is 0. The molecule has 0 aromatic carbocycles. The lowest BCUT2D eigenvalue weighted by atomic mass is 9.81. The van der Waals surface area contributed by atoms with Crippen LogP contribution in [0.2, 0.25) is 0 Å². The van der Waals surface area contributed by atoms with Crippen LogP contribution >= 0.6 is 0 Å². The van der Waals surface area contributed by atoms with Gasteiger partial charge in [0.15, 0.2) is 0 Å². The molecule has 2 heteroatoms. The molecule has 1 fully saturated rings. The molecule has 1 saturated carbocycles. The molecule has 1 aliphatic rings. The molecule has 0 aromatic rings.